The van der Waals surface area contributed by atoms with Gasteiger partial charge in [-0.05, 0) is 40.3 Å². The van der Waals surface area contributed by atoms with Crippen molar-refractivity contribution in [2.45, 2.75) is 5.92 Å². The van der Waals surface area contributed by atoms with Crippen molar-refractivity contribution in [2.24, 2.45) is 25.0 Å². The van der Waals surface area contributed by atoms with Crippen molar-refractivity contribution in [2.75, 3.05) is 0 Å². The Morgan fingerprint density at radius 3 is 2.34 bits per heavy atom. The number of hydrogen-bond donors (Lipinski definition) is 0. The van der Waals surface area contributed by atoms with Gasteiger partial charge in [-0.1, -0.05) is 36.4 Å². The summed E-state index contributed by atoms with van der Waals surface area (Å²) in [6, 6.07) is 15.2. The lowest BCUT2D eigenvalue weighted by Gasteiger charge is -2.30. The van der Waals surface area contributed by atoms with Crippen LogP contribution in [-0.2, 0) is 14.1 Å². The SMILES string of the molecule is Cn1c2c(c(=O)n(C)c1=O)[C@@H](c1cccc(I)c1)[C@@H]1C(=O)c3ccccc3C1=N2. The van der Waals surface area contributed by atoms with E-state index in [1.54, 1.807) is 13.1 Å². The third-order valence-electron chi connectivity index (χ3n) is 5.79. The minimum Gasteiger partial charge on any atom is -0.293 e. The molecule has 2 heterocycles. The highest BCUT2D eigenvalue weighted by Gasteiger charge is 2.47. The van der Waals surface area contributed by atoms with Crippen LogP contribution in [-0.4, -0.2) is 20.6 Å². The van der Waals surface area contributed by atoms with Gasteiger partial charge in [0.05, 0.1) is 17.2 Å². The van der Waals surface area contributed by atoms with E-state index in [1.807, 2.05) is 42.5 Å². The van der Waals surface area contributed by atoms with Gasteiger partial charge in [-0.3, -0.25) is 18.7 Å². The zero-order valence-corrected chi connectivity index (χ0v) is 17.9. The lowest BCUT2D eigenvalue weighted by atomic mass is 9.76. The molecule has 7 heteroatoms. The van der Waals surface area contributed by atoms with Crippen LogP contribution in [0, 0.1) is 9.49 Å². The first-order valence-electron chi connectivity index (χ1n) is 9.17. The number of ketones is 1. The summed E-state index contributed by atoms with van der Waals surface area (Å²) in [4.78, 5) is 43.8. The number of hydrogen-bond acceptors (Lipinski definition) is 4. The van der Waals surface area contributed by atoms with Gasteiger partial charge < -0.3 is 0 Å². The van der Waals surface area contributed by atoms with Crippen LogP contribution in [0.25, 0.3) is 0 Å². The number of aromatic nitrogens is 2. The number of aliphatic imine (C=N–C) groups is 1. The molecule has 1 aromatic heterocycles. The molecule has 29 heavy (non-hydrogen) atoms. The molecule has 0 saturated heterocycles. The number of carbonyl (C=O) groups excluding carboxylic acids is 1. The Bertz CT molecular complexity index is 1370. The molecule has 1 aliphatic carbocycles. The first-order valence-corrected chi connectivity index (χ1v) is 10.3. The van der Waals surface area contributed by atoms with Crippen molar-refractivity contribution in [3.63, 3.8) is 0 Å². The Morgan fingerprint density at radius 2 is 1.62 bits per heavy atom. The number of nitrogens with zero attached hydrogens (tertiary/aromatic N) is 3. The van der Waals surface area contributed by atoms with Crippen molar-refractivity contribution >= 4 is 39.9 Å². The quantitative estimate of drug-likeness (QED) is 0.486. The maximum atomic E-state index is 13.4. The van der Waals surface area contributed by atoms with E-state index in [9.17, 15) is 14.4 Å². The molecule has 2 aromatic carbocycles. The summed E-state index contributed by atoms with van der Waals surface area (Å²) < 4.78 is 3.49. The lowest BCUT2D eigenvalue weighted by molar-refractivity contribution is 0.0953. The van der Waals surface area contributed by atoms with E-state index in [0.717, 1.165) is 19.3 Å². The zero-order chi connectivity index (χ0) is 20.4. The van der Waals surface area contributed by atoms with Crippen molar-refractivity contribution in [1.29, 1.82) is 0 Å². The third-order valence-corrected chi connectivity index (χ3v) is 6.46. The molecule has 0 fully saturated rings. The van der Waals surface area contributed by atoms with Gasteiger partial charge in [0.1, 0.15) is 5.82 Å². The van der Waals surface area contributed by atoms with Gasteiger partial charge in [-0.15, -0.1) is 0 Å². The number of rotatable bonds is 1. The fourth-order valence-corrected chi connectivity index (χ4v) is 4.99. The van der Waals surface area contributed by atoms with Gasteiger partial charge in [-0.2, -0.15) is 0 Å². The molecule has 0 saturated carbocycles. The number of carbonyl (C=O) groups is 1. The number of halogens is 1. The molecule has 1 aliphatic heterocycles. The van der Waals surface area contributed by atoms with Gasteiger partial charge in [-0.25, -0.2) is 9.79 Å². The van der Waals surface area contributed by atoms with E-state index in [-0.39, 0.29) is 5.78 Å². The average Bonchev–Trinajstić information content (AvgIpc) is 3.01. The van der Waals surface area contributed by atoms with Crippen molar-refractivity contribution in [3.8, 4) is 0 Å². The summed E-state index contributed by atoms with van der Waals surface area (Å²) in [5, 5.41) is 0. The molecule has 0 radical (unpaired) electrons. The molecular formula is C22H16IN3O3. The molecule has 144 valence electrons. The molecule has 0 bridgehead atoms. The Balaban J connectivity index is 1.92. The van der Waals surface area contributed by atoms with Gasteiger partial charge >= 0.3 is 5.69 Å². The van der Waals surface area contributed by atoms with E-state index in [2.05, 4.69) is 22.6 Å². The Labute approximate surface area is 179 Å². The molecule has 6 nitrogen and oxygen atoms in total. The summed E-state index contributed by atoms with van der Waals surface area (Å²) in [5.41, 5.74) is 2.44. The molecular weight excluding hydrogens is 481 g/mol. The van der Waals surface area contributed by atoms with E-state index >= 15 is 0 Å². The van der Waals surface area contributed by atoms with E-state index < -0.39 is 23.1 Å². The summed E-state index contributed by atoms with van der Waals surface area (Å²) in [5.74, 6) is -0.789. The summed E-state index contributed by atoms with van der Waals surface area (Å²) in [6.45, 7) is 0. The minimum absolute atomic E-state index is 0.0373. The normalized spacial score (nSPS) is 19.4. The smallest absolute Gasteiger partial charge is 0.293 e. The van der Waals surface area contributed by atoms with Crippen LogP contribution in [0.1, 0.15) is 33.0 Å². The van der Waals surface area contributed by atoms with Crippen LogP contribution in [0.3, 0.4) is 0 Å². The second-order valence-electron chi connectivity index (χ2n) is 7.36. The second kappa shape index (κ2) is 6.35. The van der Waals surface area contributed by atoms with Crippen LogP contribution >= 0.6 is 22.6 Å². The molecule has 5 rings (SSSR count). The lowest BCUT2D eigenvalue weighted by Crippen LogP contribution is -2.43. The predicted molar refractivity (Wildman–Crippen MR) is 118 cm³/mol. The van der Waals surface area contributed by atoms with Crippen LogP contribution in [0.2, 0.25) is 0 Å². The second-order valence-corrected chi connectivity index (χ2v) is 8.61. The minimum atomic E-state index is -0.580. The molecule has 0 unspecified atom stereocenters. The van der Waals surface area contributed by atoms with Gasteiger partial charge in [0.25, 0.3) is 5.56 Å². The van der Waals surface area contributed by atoms with E-state index in [4.69, 9.17) is 4.99 Å². The van der Waals surface area contributed by atoms with Crippen LogP contribution < -0.4 is 11.2 Å². The predicted octanol–water partition coefficient (Wildman–Crippen LogP) is 2.77. The summed E-state index contributed by atoms with van der Waals surface area (Å²) in [6.07, 6.45) is 0. The Hall–Kier alpha value is -2.81. The fraction of sp³-hybridized carbons (Fsp3) is 0.182. The third kappa shape index (κ3) is 2.46. The van der Waals surface area contributed by atoms with E-state index in [0.29, 0.717) is 22.7 Å². The summed E-state index contributed by atoms with van der Waals surface area (Å²) in [7, 11) is 3.07. The van der Waals surface area contributed by atoms with Crippen molar-refractivity contribution in [3.05, 3.63) is 95.2 Å². The highest BCUT2D eigenvalue weighted by atomic mass is 127. The van der Waals surface area contributed by atoms with Crippen molar-refractivity contribution < 1.29 is 4.79 Å². The standard InChI is InChI=1S/C22H16IN3O3/c1-25-20-17(21(28)26(2)22(25)29)15(11-6-5-7-12(23)10-11)16-18(24-20)13-8-3-4-9-14(13)19(16)27/h3-10,15-16H,1-2H3/t15-,16-/m0/s1. The Morgan fingerprint density at radius 1 is 0.897 bits per heavy atom. The monoisotopic (exact) mass is 497 g/mol. The number of fused-ring (bicyclic) bond motifs is 4. The van der Waals surface area contributed by atoms with Gasteiger partial charge in [0.2, 0.25) is 0 Å². The summed E-state index contributed by atoms with van der Waals surface area (Å²) >= 11 is 2.22. The zero-order valence-electron chi connectivity index (χ0n) is 15.7. The molecule has 0 spiro atoms. The van der Waals surface area contributed by atoms with Gasteiger partial charge in [0.15, 0.2) is 5.78 Å². The fourth-order valence-electron chi connectivity index (χ4n) is 4.43. The topological polar surface area (TPSA) is 73.4 Å². The highest BCUT2D eigenvalue weighted by molar-refractivity contribution is 14.1. The maximum Gasteiger partial charge on any atom is 0.332 e. The van der Waals surface area contributed by atoms with E-state index in [1.165, 1.54) is 11.6 Å². The molecule has 0 amide bonds. The largest absolute Gasteiger partial charge is 0.332 e. The van der Waals surface area contributed by atoms with Gasteiger partial charge in [0, 0.05) is 34.7 Å². The van der Waals surface area contributed by atoms with Crippen molar-refractivity contribution in [1.82, 2.24) is 9.13 Å². The average molecular weight is 497 g/mol. The number of Topliss-reactive ketones (excluding diaryl/α,β-unsaturated/α-hetero) is 1. The van der Waals surface area contributed by atoms with Crippen LogP contribution in [0.4, 0.5) is 5.82 Å². The molecule has 2 aliphatic rings. The number of benzene rings is 2. The first-order chi connectivity index (χ1) is 13.9. The maximum absolute atomic E-state index is 13.4. The first kappa shape index (κ1) is 18.2. The molecule has 2 atom stereocenters. The molecule has 0 N–H and O–H groups in total. The Kier molecular flexibility index (Phi) is 3.99. The highest BCUT2D eigenvalue weighted by Crippen LogP contribution is 2.46. The van der Waals surface area contributed by atoms with Crippen LogP contribution in [0.15, 0.2) is 63.1 Å². The molecule has 3 aromatic rings. The van der Waals surface area contributed by atoms with Crippen LogP contribution in [0.5, 0.6) is 0 Å².